The maximum absolute atomic E-state index is 11.9. The van der Waals surface area contributed by atoms with Gasteiger partial charge in [0.15, 0.2) is 5.82 Å². The van der Waals surface area contributed by atoms with Gasteiger partial charge in [0, 0.05) is 21.8 Å². The lowest BCUT2D eigenvalue weighted by Gasteiger charge is -2.05. The third-order valence-electron chi connectivity index (χ3n) is 3.34. The van der Waals surface area contributed by atoms with Crippen LogP contribution in [0.4, 0.5) is 5.69 Å². The minimum absolute atomic E-state index is 0.230. The Labute approximate surface area is 136 Å². The lowest BCUT2D eigenvalue weighted by atomic mass is 10.2. The van der Waals surface area contributed by atoms with Crippen LogP contribution in [-0.4, -0.2) is 21.1 Å². The SMILES string of the molecule is CC1=Nn2c(nc(C)cc2=O)C1=Nc1cc(Cl)c(C)c(Cl)c1. The lowest BCUT2D eigenvalue weighted by Crippen LogP contribution is -2.20. The van der Waals surface area contributed by atoms with Crippen LogP contribution < -0.4 is 5.56 Å². The molecule has 0 fully saturated rings. The fourth-order valence-corrected chi connectivity index (χ4v) is 2.63. The molecule has 0 spiro atoms. The Bertz CT molecular complexity index is 889. The Kier molecular flexibility index (Phi) is 3.62. The molecule has 1 aromatic carbocycles. The highest BCUT2D eigenvalue weighted by Gasteiger charge is 2.23. The van der Waals surface area contributed by atoms with Gasteiger partial charge < -0.3 is 0 Å². The van der Waals surface area contributed by atoms with Gasteiger partial charge in [-0.25, -0.2) is 9.98 Å². The molecule has 0 aliphatic carbocycles. The third kappa shape index (κ3) is 2.46. The average Bonchev–Trinajstić information content (AvgIpc) is 2.74. The Morgan fingerprint density at radius 1 is 1.09 bits per heavy atom. The monoisotopic (exact) mass is 334 g/mol. The average molecular weight is 335 g/mol. The smallest absolute Gasteiger partial charge is 0.267 e. The number of hydrogen-bond acceptors (Lipinski definition) is 4. The van der Waals surface area contributed by atoms with Gasteiger partial charge in [-0.1, -0.05) is 23.2 Å². The zero-order valence-electron chi connectivity index (χ0n) is 12.2. The summed E-state index contributed by atoms with van der Waals surface area (Å²) in [4.78, 5) is 20.8. The summed E-state index contributed by atoms with van der Waals surface area (Å²) in [7, 11) is 0. The van der Waals surface area contributed by atoms with Crippen LogP contribution in [0.1, 0.15) is 24.0 Å². The molecule has 0 unspecified atom stereocenters. The van der Waals surface area contributed by atoms with E-state index in [9.17, 15) is 4.79 Å². The minimum atomic E-state index is -0.230. The molecule has 2 aromatic rings. The summed E-state index contributed by atoms with van der Waals surface area (Å²) in [6, 6.07) is 4.88. The van der Waals surface area contributed by atoms with Crippen LogP contribution in [0.3, 0.4) is 0 Å². The Hall–Kier alpha value is -1.98. The number of rotatable bonds is 1. The summed E-state index contributed by atoms with van der Waals surface area (Å²) in [5, 5.41) is 5.27. The molecular formula is C15H12Cl2N4O. The van der Waals surface area contributed by atoms with Crippen LogP contribution in [0, 0.1) is 13.8 Å². The van der Waals surface area contributed by atoms with E-state index in [-0.39, 0.29) is 5.56 Å². The maximum atomic E-state index is 11.9. The predicted molar refractivity (Wildman–Crippen MR) is 89.1 cm³/mol. The van der Waals surface area contributed by atoms with Gasteiger partial charge in [-0.2, -0.15) is 9.78 Å². The third-order valence-corrected chi connectivity index (χ3v) is 4.12. The molecule has 0 saturated heterocycles. The van der Waals surface area contributed by atoms with Crippen molar-refractivity contribution in [3.8, 4) is 0 Å². The van der Waals surface area contributed by atoms with Crippen molar-refractivity contribution in [1.29, 1.82) is 0 Å². The molecule has 0 saturated carbocycles. The molecule has 0 radical (unpaired) electrons. The lowest BCUT2D eigenvalue weighted by molar-refractivity contribution is 0.792. The van der Waals surface area contributed by atoms with Crippen molar-refractivity contribution in [3.05, 3.63) is 55.7 Å². The van der Waals surface area contributed by atoms with E-state index in [2.05, 4.69) is 15.1 Å². The van der Waals surface area contributed by atoms with Crippen LogP contribution in [0.2, 0.25) is 10.0 Å². The molecule has 1 aliphatic heterocycles. The number of halogens is 2. The van der Waals surface area contributed by atoms with Crippen LogP contribution in [0.15, 0.2) is 33.1 Å². The van der Waals surface area contributed by atoms with Crippen LogP contribution in [-0.2, 0) is 0 Å². The number of fused-ring (bicyclic) bond motifs is 1. The van der Waals surface area contributed by atoms with E-state index in [1.165, 1.54) is 10.7 Å². The second kappa shape index (κ2) is 5.34. The molecule has 112 valence electrons. The summed E-state index contributed by atoms with van der Waals surface area (Å²) in [6.07, 6.45) is 0. The number of benzene rings is 1. The van der Waals surface area contributed by atoms with Crippen molar-refractivity contribution < 1.29 is 0 Å². The fourth-order valence-electron chi connectivity index (χ4n) is 2.16. The zero-order valence-corrected chi connectivity index (χ0v) is 13.7. The van der Waals surface area contributed by atoms with E-state index >= 15 is 0 Å². The molecular weight excluding hydrogens is 323 g/mol. The summed E-state index contributed by atoms with van der Waals surface area (Å²) in [5.41, 5.74) is 2.93. The molecule has 0 amide bonds. The van der Waals surface area contributed by atoms with E-state index in [0.717, 1.165) is 5.56 Å². The quantitative estimate of drug-likeness (QED) is 0.800. The molecule has 1 aromatic heterocycles. The first-order valence-corrected chi connectivity index (χ1v) is 7.34. The highest BCUT2D eigenvalue weighted by atomic mass is 35.5. The summed E-state index contributed by atoms with van der Waals surface area (Å²) in [5.74, 6) is 0.426. The van der Waals surface area contributed by atoms with Crippen LogP contribution in [0.25, 0.3) is 0 Å². The molecule has 0 bridgehead atoms. The maximum Gasteiger partial charge on any atom is 0.274 e. The zero-order chi connectivity index (χ0) is 16.0. The molecule has 2 heterocycles. The number of aryl methyl sites for hydroxylation is 1. The van der Waals surface area contributed by atoms with Gasteiger partial charge in [0.25, 0.3) is 5.56 Å². The van der Waals surface area contributed by atoms with Gasteiger partial charge >= 0.3 is 0 Å². The van der Waals surface area contributed by atoms with Gasteiger partial charge in [-0.3, -0.25) is 4.79 Å². The van der Waals surface area contributed by atoms with Crippen molar-refractivity contribution in [2.24, 2.45) is 10.1 Å². The Balaban J connectivity index is 2.19. The molecule has 7 heteroatoms. The van der Waals surface area contributed by atoms with Crippen molar-refractivity contribution in [2.45, 2.75) is 20.8 Å². The Morgan fingerprint density at radius 3 is 2.36 bits per heavy atom. The van der Waals surface area contributed by atoms with Gasteiger partial charge in [0.2, 0.25) is 0 Å². The van der Waals surface area contributed by atoms with E-state index in [1.54, 1.807) is 26.0 Å². The first-order valence-electron chi connectivity index (χ1n) is 6.58. The van der Waals surface area contributed by atoms with Gasteiger partial charge in [0.05, 0.1) is 11.4 Å². The predicted octanol–water partition coefficient (Wildman–Crippen LogP) is 3.53. The van der Waals surface area contributed by atoms with Crippen molar-refractivity contribution in [2.75, 3.05) is 0 Å². The normalized spacial score (nSPS) is 15.1. The highest BCUT2D eigenvalue weighted by Crippen LogP contribution is 2.30. The molecule has 22 heavy (non-hydrogen) atoms. The first kappa shape index (κ1) is 14.9. The summed E-state index contributed by atoms with van der Waals surface area (Å²) in [6.45, 7) is 5.37. The van der Waals surface area contributed by atoms with Gasteiger partial charge in [-0.05, 0) is 38.5 Å². The Morgan fingerprint density at radius 2 is 1.73 bits per heavy atom. The topological polar surface area (TPSA) is 59.6 Å². The largest absolute Gasteiger partial charge is 0.274 e. The van der Waals surface area contributed by atoms with E-state index in [4.69, 9.17) is 23.2 Å². The molecule has 3 rings (SSSR count). The van der Waals surface area contributed by atoms with Gasteiger partial charge in [-0.15, -0.1) is 0 Å². The fraction of sp³-hybridized carbons (Fsp3) is 0.200. The second-order valence-electron chi connectivity index (χ2n) is 5.05. The highest BCUT2D eigenvalue weighted by molar-refractivity contribution is 6.48. The standard InChI is InChI=1S/C15H12Cl2N4O/c1-7-4-13(22)21-15(18-7)14(9(3)20-21)19-10-5-11(16)8(2)12(17)6-10/h4-6H,1-3H3. The molecule has 0 N–H and O–H groups in total. The summed E-state index contributed by atoms with van der Waals surface area (Å²) >= 11 is 12.3. The summed E-state index contributed by atoms with van der Waals surface area (Å²) < 4.78 is 1.25. The van der Waals surface area contributed by atoms with Gasteiger partial charge in [0.1, 0.15) is 5.71 Å². The number of aromatic nitrogens is 2. The first-order chi connectivity index (χ1) is 10.4. The van der Waals surface area contributed by atoms with E-state index < -0.39 is 0 Å². The second-order valence-corrected chi connectivity index (χ2v) is 5.87. The number of hydrogen-bond donors (Lipinski definition) is 0. The van der Waals surface area contributed by atoms with E-state index in [1.807, 2.05) is 6.92 Å². The number of aliphatic imine (C=N–C) groups is 1. The minimum Gasteiger partial charge on any atom is -0.267 e. The van der Waals surface area contributed by atoms with Crippen molar-refractivity contribution in [1.82, 2.24) is 9.66 Å². The molecule has 0 atom stereocenters. The van der Waals surface area contributed by atoms with Crippen molar-refractivity contribution in [3.63, 3.8) is 0 Å². The molecule has 1 aliphatic rings. The van der Waals surface area contributed by atoms with Crippen LogP contribution >= 0.6 is 23.2 Å². The van der Waals surface area contributed by atoms with Crippen molar-refractivity contribution >= 4 is 40.3 Å². The van der Waals surface area contributed by atoms with Crippen LogP contribution in [0.5, 0.6) is 0 Å². The molecule has 5 nitrogen and oxygen atoms in total. The van der Waals surface area contributed by atoms with E-state index in [0.29, 0.717) is 38.7 Å². The number of nitrogens with zero attached hydrogens (tertiary/aromatic N) is 4.